The number of halogens is 3. The number of carbonyl (C=O) groups excluding carboxylic acids is 1. The van der Waals surface area contributed by atoms with Gasteiger partial charge >= 0.3 is 12.2 Å². The molecular weight excluding hydrogens is 281 g/mol. The van der Waals surface area contributed by atoms with E-state index in [-0.39, 0.29) is 23.9 Å². The minimum absolute atomic E-state index is 0.0613. The molecule has 1 heterocycles. The monoisotopic (exact) mass is 300 g/mol. The fraction of sp³-hybridized carbons (Fsp3) is 0.909. The summed E-state index contributed by atoms with van der Waals surface area (Å²) in [6, 6.07) is -0.371. The minimum atomic E-state index is -4.32. The van der Waals surface area contributed by atoms with Crippen LogP contribution in [0.15, 0.2) is 0 Å². The van der Waals surface area contributed by atoms with Crippen LogP contribution >= 0.6 is 11.8 Å². The number of urea groups is 1. The van der Waals surface area contributed by atoms with Gasteiger partial charge in [-0.3, -0.25) is 0 Å². The molecule has 1 rings (SSSR count). The van der Waals surface area contributed by atoms with Crippen LogP contribution in [0.4, 0.5) is 18.0 Å². The first-order chi connectivity index (χ1) is 8.81. The minimum Gasteiger partial charge on any atom is -0.370 e. The van der Waals surface area contributed by atoms with Crippen LogP contribution in [0.5, 0.6) is 0 Å². The van der Waals surface area contributed by atoms with Crippen molar-refractivity contribution in [1.82, 2.24) is 10.6 Å². The molecule has 1 aliphatic heterocycles. The third-order valence-electron chi connectivity index (χ3n) is 2.72. The molecule has 0 aromatic rings. The highest BCUT2D eigenvalue weighted by atomic mass is 32.2. The highest BCUT2D eigenvalue weighted by Crippen LogP contribution is 2.36. The SMILES string of the molecule is CC1(CNC(=O)NCCOCC(F)(F)F)CCCS1. The van der Waals surface area contributed by atoms with Crippen molar-refractivity contribution in [2.45, 2.75) is 30.7 Å². The maximum absolute atomic E-state index is 11.8. The summed E-state index contributed by atoms with van der Waals surface area (Å²) in [4.78, 5) is 11.4. The molecule has 4 nitrogen and oxygen atoms in total. The van der Waals surface area contributed by atoms with Crippen molar-refractivity contribution >= 4 is 17.8 Å². The van der Waals surface area contributed by atoms with Gasteiger partial charge < -0.3 is 15.4 Å². The van der Waals surface area contributed by atoms with E-state index in [1.54, 1.807) is 0 Å². The van der Waals surface area contributed by atoms with E-state index in [2.05, 4.69) is 22.3 Å². The molecule has 19 heavy (non-hydrogen) atoms. The first-order valence-corrected chi connectivity index (χ1v) is 7.09. The van der Waals surface area contributed by atoms with Gasteiger partial charge in [-0.1, -0.05) is 0 Å². The average Bonchev–Trinajstić information content (AvgIpc) is 2.72. The molecule has 1 saturated heterocycles. The number of carbonyl (C=O) groups is 1. The van der Waals surface area contributed by atoms with E-state index in [4.69, 9.17) is 0 Å². The van der Waals surface area contributed by atoms with Gasteiger partial charge in [-0.05, 0) is 25.5 Å². The zero-order valence-electron chi connectivity index (χ0n) is 10.8. The molecule has 0 aromatic carbocycles. The van der Waals surface area contributed by atoms with Crippen LogP contribution in [0.25, 0.3) is 0 Å². The Hall–Kier alpha value is -0.630. The van der Waals surface area contributed by atoms with E-state index < -0.39 is 12.8 Å². The van der Waals surface area contributed by atoms with Crippen molar-refractivity contribution < 1.29 is 22.7 Å². The molecule has 0 bridgehead atoms. The van der Waals surface area contributed by atoms with Crippen molar-refractivity contribution in [3.05, 3.63) is 0 Å². The Bertz CT molecular complexity index is 294. The summed E-state index contributed by atoms with van der Waals surface area (Å²) in [5.74, 6) is 1.10. The van der Waals surface area contributed by atoms with Gasteiger partial charge in [0, 0.05) is 17.8 Å². The lowest BCUT2D eigenvalue weighted by atomic mass is 10.1. The van der Waals surface area contributed by atoms with Crippen LogP contribution in [0.3, 0.4) is 0 Å². The lowest BCUT2D eigenvalue weighted by Gasteiger charge is -2.22. The van der Waals surface area contributed by atoms with Gasteiger partial charge in [0.2, 0.25) is 0 Å². The van der Waals surface area contributed by atoms with Gasteiger partial charge in [-0.15, -0.1) is 0 Å². The summed E-state index contributed by atoms with van der Waals surface area (Å²) >= 11 is 1.83. The number of amides is 2. The molecule has 112 valence electrons. The number of nitrogens with one attached hydrogen (secondary N) is 2. The van der Waals surface area contributed by atoms with Crippen molar-refractivity contribution in [3.63, 3.8) is 0 Å². The molecule has 0 radical (unpaired) electrons. The second-order valence-corrected chi connectivity index (χ2v) is 6.36. The number of thioether (sulfide) groups is 1. The zero-order valence-corrected chi connectivity index (χ0v) is 11.6. The van der Waals surface area contributed by atoms with Crippen LogP contribution in [0, 0.1) is 0 Å². The van der Waals surface area contributed by atoms with Crippen LogP contribution in [-0.2, 0) is 4.74 Å². The summed E-state index contributed by atoms with van der Waals surface area (Å²) < 4.78 is 39.7. The predicted molar refractivity (Wildman–Crippen MR) is 68.4 cm³/mol. The van der Waals surface area contributed by atoms with E-state index in [1.165, 1.54) is 0 Å². The molecule has 0 aromatic heterocycles. The number of hydrogen-bond acceptors (Lipinski definition) is 3. The van der Waals surface area contributed by atoms with Crippen molar-refractivity contribution in [1.29, 1.82) is 0 Å². The summed E-state index contributed by atoms with van der Waals surface area (Å²) in [5, 5.41) is 5.18. The normalized spacial score (nSPS) is 23.4. The van der Waals surface area contributed by atoms with Gasteiger partial charge in [0.1, 0.15) is 6.61 Å². The standard InChI is InChI=1S/C11H19F3N2O2S/c1-10(3-2-6-19-10)7-16-9(17)15-4-5-18-8-11(12,13)14/h2-8H2,1H3,(H2,15,16,17). The number of rotatable bonds is 6. The molecule has 1 fully saturated rings. The summed E-state index contributed by atoms with van der Waals surface area (Å²) in [6.45, 7) is 1.28. The average molecular weight is 300 g/mol. The number of hydrogen-bond donors (Lipinski definition) is 2. The molecule has 2 N–H and O–H groups in total. The fourth-order valence-electron chi connectivity index (χ4n) is 1.73. The van der Waals surface area contributed by atoms with Gasteiger partial charge in [-0.25, -0.2) is 4.79 Å². The van der Waals surface area contributed by atoms with Crippen LogP contribution in [0.1, 0.15) is 19.8 Å². The van der Waals surface area contributed by atoms with Gasteiger partial charge in [-0.2, -0.15) is 24.9 Å². The number of alkyl halides is 3. The van der Waals surface area contributed by atoms with Gasteiger partial charge in [0.05, 0.1) is 6.61 Å². The third kappa shape index (κ3) is 7.51. The van der Waals surface area contributed by atoms with Gasteiger partial charge in [0.15, 0.2) is 0 Å². The topological polar surface area (TPSA) is 50.4 Å². The molecule has 1 aliphatic rings. The van der Waals surface area contributed by atoms with Gasteiger partial charge in [0.25, 0.3) is 0 Å². The first kappa shape index (κ1) is 16.4. The largest absolute Gasteiger partial charge is 0.411 e. The maximum Gasteiger partial charge on any atom is 0.411 e. The Labute approximate surface area is 114 Å². The molecule has 0 aliphatic carbocycles. The molecule has 0 saturated carbocycles. The van der Waals surface area contributed by atoms with E-state index in [0.29, 0.717) is 6.54 Å². The maximum atomic E-state index is 11.8. The summed E-state index contributed by atoms with van der Waals surface area (Å²) in [7, 11) is 0. The van der Waals surface area contributed by atoms with Crippen molar-refractivity contribution in [3.8, 4) is 0 Å². The Morgan fingerprint density at radius 2 is 2.16 bits per heavy atom. The lowest BCUT2D eigenvalue weighted by molar-refractivity contribution is -0.173. The molecular formula is C11H19F3N2O2S. The Morgan fingerprint density at radius 3 is 2.74 bits per heavy atom. The quantitative estimate of drug-likeness (QED) is 0.739. The molecule has 0 spiro atoms. The smallest absolute Gasteiger partial charge is 0.370 e. The van der Waals surface area contributed by atoms with Crippen molar-refractivity contribution in [2.24, 2.45) is 0 Å². The Morgan fingerprint density at radius 1 is 1.42 bits per heavy atom. The van der Waals surface area contributed by atoms with Crippen LogP contribution in [0.2, 0.25) is 0 Å². The summed E-state index contributed by atoms with van der Waals surface area (Å²) in [5.41, 5.74) is 0. The third-order valence-corrected chi connectivity index (χ3v) is 4.26. The Balaban J connectivity index is 2.02. The second-order valence-electron chi connectivity index (χ2n) is 4.68. The lowest BCUT2D eigenvalue weighted by Crippen LogP contribution is -2.43. The van der Waals surface area contributed by atoms with E-state index in [0.717, 1.165) is 18.6 Å². The van der Waals surface area contributed by atoms with E-state index in [9.17, 15) is 18.0 Å². The number of ether oxygens (including phenoxy) is 1. The molecule has 1 unspecified atom stereocenters. The Kier molecular flexibility index (Phi) is 6.25. The van der Waals surface area contributed by atoms with Crippen molar-refractivity contribution in [2.75, 3.05) is 32.1 Å². The van der Waals surface area contributed by atoms with E-state index >= 15 is 0 Å². The van der Waals surface area contributed by atoms with E-state index in [1.807, 2.05) is 11.8 Å². The highest BCUT2D eigenvalue weighted by molar-refractivity contribution is 8.00. The first-order valence-electron chi connectivity index (χ1n) is 6.11. The zero-order chi connectivity index (χ0) is 14.4. The highest BCUT2D eigenvalue weighted by Gasteiger charge is 2.29. The van der Waals surface area contributed by atoms with Crippen LogP contribution in [-0.4, -0.2) is 49.0 Å². The fourth-order valence-corrected chi connectivity index (χ4v) is 2.98. The molecule has 8 heteroatoms. The predicted octanol–water partition coefficient (Wildman–Crippen LogP) is 2.15. The molecule has 2 amide bonds. The van der Waals surface area contributed by atoms with Crippen LogP contribution < -0.4 is 10.6 Å². The summed E-state index contributed by atoms with van der Waals surface area (Å²) in [6.07, 6.45) is -2.11. The molecule has 1 atom stereocenters. The second kappa shape index (κ2) is 7.23.